The standard InChI is InChI=1S/C21H33N3O/c1-22(2)15-16-23-13-6-11-21(17-23)12-9-20(25)24(18-21)14-10-19-7-4-3-5-8-19/h3-5,7-8H,6,9-18H2,1-2H3/t21-/m0/s1. The number of rotatable bonds is 6. The number of carbonyl (C=O) groups excluding carboxylic acids is 1. The van der Waals surface area contributed by atoms with E-state index in [9.17, 15) is 4.79 Å². The lowest BCUT2D eigenvalue weighted by atomic mass is 9.73. The van der Waals surface area contributed by atoms with Gasteiger partial charge in [0.1, 0.15) is 0 Å². The number of hydrogen-bond donors (Lipinski definition) is 0. The van der Waals surface area contributed by atoms with Gasteiger partial charge in [0, 0.05) is 44.6 Å². The van der Waals surface area contributed by atoms with Gasteiger partial charge in [-0.15, -0.1) is 0 Å². The van der Waals surface area contributed by atoms with Gasteiger partial charge in [0.05, 0.1) is 0 Å². The van der Waals surface area contributed by atoms with Gasteiger partial charge < -0.3 is 14.7 Å². The van der Waals surface area contributed by atoms with Crippen LogP contribution in [0, 0.1) is 5.41 Å². The first-order valence-corrected chi connectivity index (χ1v) is 9.75. The third kappa shape index (κ3) is 5.05. The van der Waals surface area contributed by atoms with Gasteiger partial charge in [-0.05, 0) is 51.9 Å². The van der Waals surface area contributed by atoms with Crippen molar-refractivity contribution in [2.45, 2.75) is 32.1 Å². The summed E-state index contributed by atoms with van der Waals surface area (Å²) in [6.07, 6.45) is 5.32. The van der Waals surface area contributed by atoms with Crippen molar-refractivity contribution in [3.63, 3.8) is 0 Å². The molecule has 1 amide bonds. The molecule has 1 atom stereocenters. The Bertz CT molecular complexity index is 560. The Hall–Kier alpha value is -1.39. The van der Waals surface area contributed by atoms with Gasteiger partial charge in [-0.3, -0.25) is 4.79 Å². The van der Waals surface area contributed by atoms with Crippen molar-refractivity contribution < 1.29 is 4.79 Å². The van der Waals surface area contributed by atoms with Crippen LogP contribution >= 0.6 is 0 Å². The molecule has 2 aliphatic rings. The van der Waals surface area contributed by atoms with Gasteiger partial charge in [0.25, 0.3) is 0 Å². The van der Waals surface area contributed by atoms with Crippen LogP contribution in [0.3, 0.4) is 0 Å². The lowest BCUT2D eigenvalue weighted by Crippen LogP contribution is -2.54. The molecule has 1 aromatic rings. The molecule has 0 unspecified atom stereocenters. The highest BCUT2D eigenvalue weighted by atomic mass is 16.2. The van der Waals surface area contributed by atoms with Crippen molar-refractivity contribution in [1.29, 1.82) is 0 Å². The third-order valence-electron chi connectivity index (χ3n) is 5.87. The number of nitrogens with zero attached hydrogens (tertiary/aromatic N) is 3. The predicted octanol–water partition coefficient (Wildman–Crippen LogP) is 2.50. The van der Waals surface area contributed by atoms with Crippen LogP contribution in [0.4, 0.5) is 0 Å². The summed E-state index contributed by atoms with van der Waals surface area (Å²) >= 11 is 0. The molecule has 0 N–H and O–H groups in total. The highest BCUT2D eigenvalue weighted by Crippen LogP contribution is 2.38. The zero-order chi connectivity index (χ0) is 17.7. The van der Waals surface area contributed by atoms with E-state index in [1.807, 2.05) is 0 Å². The molecule has 0 aromatic heterocycles. The zero-order valence-corrected chi connectivity index (χ0v) is 15.9. The molecular formula is C21H33N3O. The van der Waals surface area contributed by atoms with Gasteiger partial charge in [-0.2, -0.15) is 0 Å². The molecule has 0 radical (unpaired) electrons. The summed E-state index contributed by atoms with van der Waals surface area (Å²) in [6, 6.07) is 10.5. The minimum Gasteiger partial charge on any atom is -0.342 e. The number of hydrogen-bond acceptors (Lipinski definition) is 3. The third-order valence-corrected chi connectivity index (χ3v) is 5.87. The van der Waals surface area contributed by atoms with Gasteiger partial charge in [-0.1, -0.05) is 30.3 Å². The second-order valence-corrected chi connectivity index (χ2v) is 8.23. The average molecular weight is 344 g/mol. The van der Waals surface area contributed by atoms with E-state index < -0.39 is 0 Å². The summed E-state index contributed by atoms with van der Waals surface area (Å²) in [4.78, 5) is 19.5. The van der Waals surface area contributed by atoms with Crippen LogP contribution in [0.1, 0.15) is 31.2 Å². The highest BCUT2D eigenvalue weighted by Gasteiger charge is 2.41. The lowest BCUT2D eigenvalue weighted by molar-refractivity contribution is -0.139. The van der Waals surface area contributed by atoms with Crippen molar-refractivity contribution in [2.24, 2.45) is 5.41 Å². The summed E-state index contributed by atoms with van der Waals surface area (Å²) in [6.45, 7) is 6.46. The summed E-state index contributed by atoms with van der Waals surface area (Å²) in [5.41, 5.74) is 1.65. The zero-order valence-electron chi connectivity index (χ0n) is 15.9. The molecule has 1 aromatic carbocycles. The molecular weight excluding hydrogens is 310 g/mol. The topological polar surface area (TPSA) is 26.8 Å². The van der Waals surface area contributed by atoms with Crippen LogP contribution in [0.15, 0.2) is 30.3 Å². The first-order chi connectivity index (χ1) is 12.1. The Labute approximate surface area is 152 Å². The van der Waals surface area contributed by atoms with Crippen LogP contribution in [0.2, 0.25) is 0 Å². The quantitative estimate of drug-likeness (QED) is 0.794. The second-order valence-electron chi connectivity index (χ2n) is 8.23. The molecule has 25 heavy (non-hydrogen) atoms. The van der Waals surface area contributed by atoms with Crippen LogP contribution < -0.4 is 0 Å². The van der Waals surface area contributed by atoms with E-state index >= 15 is 0 Å². The van der Waals surface area contributed by atoms with E-state index in [2.05, 4.69) is 59.1 Å². The lowest BCUT2D eigenvalue weighted by Gasteiger charge is -2.48. The minimum absolute atomic E-state index is 0.329. The van der Waals surface area contributed by atoms with E-state index in [0.29, 0.717) is 11.3 Å². The number of amides is 1. The van der Waals surface area contributed by atoms with Crippen LogP contribution in [-0.4, -0.2) is 74.0 Å². The monoisotopic (exact) mass is 343 g/mol. The maximum absolute atomic E-state index is 12.4. The normalized spacial score (nSPS) is 25.1. The number of carbonyl (C=O) groups is 1. The number of benzene rings is 1. The molecule has 4 heteroatoms. The molecule has 0 aliphatic carbocycles. The van der Waals surface area contributed by atoms with Gasteiger partial charge in [0.2, 0.25) is 5.91 Å². The van der Waals surface area contributed by atoms with E-state index in [-0.39, 0.29) is 0 Å². The minimum atomic E-state index is 0.329. The van der Waals surface area contributed by atoms with E-state index in [4.69, 9.17) is 0 Å². The maximum Gasteiger partial charge on any atom is 0.222 e. The number of likely N-dealkylation sites (N-methyl/N-ethyl adjacent to an activating group) is 1. The molecule has 0 bridgehead atoms. The average Bonchev–Trinajstić information content (AvgIpc) is 2.62. The number of piperidine rings is 2. The first kappa shape index (κ1) is 18.4. The van der Waals surface area contributed by atoms with Crippen LogP contribution in [-0.2, 0) is 11.2 Å². The van der Waals surface area contributed by atoms with Gasteiger partial charge >= 0.3 is 0 Å². The molecule has 2 fully saturated rings. The SMILES string of the molecule is CN(C)CCN1CCC[C@]2(CCC(=O)N(CCc3ccccc3)C2)C1. The fourth-order valence-electron chi connectivity index (χ4n) is 4.39. The summed E-state index contributed by atoms with van der Waals surface area (Å²) < 4.78 is 0. The Balaban J connectivity index is 1.57. The van der Waals surface area contributed by atoms with Crippen molar-refractivity contribution >= 4 is 5.91 Å². The first-order valence-electron chi connectivity index (χ1n) is 9.75. The smallest absolute Gasteiger partial charge is 0.222 e. The Kier molecular flexibility index (Phi) is 6.13. The summed E-state index contributed by atoms with van der Waals surface area (Å²) in [5, 5.41) is 0. The Morgan fingerprint density at radius 2 is 1.88 bits per heavy atom. The maximum atomic E-state index is 12.4. The van der Waals surface area contributed by atoms with Gasteiger partial charge in [0.15, 0.2) is 0 Å². The summed E-state index contributed by atoms with van der Waals surface area (Å²) in [7, 11) is 4.29. The van der Waals surface area contributed by atoms with Crippen molar-refractivity contribution in [3.8, 4) is 0 Å². The molecule has 4 nitrogen and oxygen atoms in total. The Morgan fingerprint density at radius 3 is 2.64 bits per heavy atom. The van der Waals surface area contributed by atoms with Crippen molar-refractivity contribution in [3.05, 3.63) is 35.9 Å². The second kappa shape index (κ2) is 8.33. The predicted molar refractivity (Wildman–Crippen MR) is 103 cm³/mol. The molecule has 138 valence electrons. The highest BCUT2D eigenvalue weighted by molar-refractivity contribution is 5.77. The van der Waals surface area contributed by atoms with Gasteiger partial charge in [-0.25, -0.2) is 0 Å². The van der Waals surface area contributed by atoms with E-state index in [1.165, 1.54) is 24.9 Å². The van der Waals surface area contributed by atoms with Crippen molar-refractivity contribution in [2.75, 3.05) is 53.4 Å². The molecule has 2 aliphatic heterocycles. The molecule has 3 rings (SSSR count). The molecule has 2 heterocycles. The summed E-state index contributed by atoms with van der Waals surface area (Å²) in [5.74, 6) is 0.354. The largest absolute Gasteiger partial charge is 0.342 e. The fraction of sp³-hybridized carbons (Fsp3) is 0.667. The molecule has 0 saturated carbocycles. The Morgan fingerprint density at radius 1 is 1.08 bits per heavy atom. The molecule has 2 saturated heterocycles. The van der Waals surface area contributed by atoms with Crippen LogP contribution in [0.25, 0.3) is 0 Å². The number of likely N-dealkylation sites (tertiary alicyclic amines) is 2. The van der Waals surface area contributed by atoms with E-state index in [1.54, 1.807) is 0 Å². The molecule has 1 spiro atoms. The van der Waals surface area contributed by atoms with Crippen LogP contribution in [0.5, 0.6) is 0 Å². The fourth-order valence-corrected chi connectivity index (χ4v) is 4.39. The van der Waals surface area contributed by atoms with Crippen molar-refractivity contribution in [1.82, 2.24) is 14.7 Å². The van der Waals surface area contributed by atoms with E-state index in [0.717, 1.165) is 52.0 Å².